The van der Waals surface area contributed by atoms with Crippen molar-refractivity contribution in [2.24, 2.45) is 0 Å². The van der Waals surface area contributed by atoms with E-state index >= 15 is 0 Å². The number of nitrogens with zero attached hydrogens (tertiary/aromatic N) is 2. The largest absolute Gasteiger partial charge is 0.361 e. The van der Waals surface area contributed by atoms with Crippen LogP contribution in [0.3, 0.4) is 0 Å². The highest BCUT2D eigenvalue weighted by molar-refractivity contribution is 5.85. The van der Waals surface area contributed by atoms with E-state index in [2.05, 4.69) is 89.7 Å². The fourth-order valence-corrected chi connectivity index (χ4v) is 6.20. The number of para-hydroxylation sites is 1. The van der Waals surface area contributed by atoms with Crippen molar-refractivity contribution in [2.45, 2.75) is 56.0 Å². The molecule has 3 aromatic rings. The normalized spacial score (nSPS) is 24.8. The molecule has 1 N–H and O–H groups in total. The van der Waals surface area contributed by atoms with Crippen LogP contribution in [0.2, 0.25) is 0 Å². The summed E-state index contributed by atoms with van der Waals surface area (Å²) in [5.41, 5.74) is 4.51. The number of likely N-dealkylation sites (tertiary alicyclic amines) is 1. The molecule has 1 aromatic heterocycles. The molecule has 0 amide bonds. The maximum absolute atomic E-state index is 3.48. The first kappa shape index (κ1) is 25.1. The topological polar surface area (TPSA) is 22.3 Å². The van der Waals surface area contributed by atoms with E-state index in [1.807, 2.05) is 0 Å². The Labute approximate surface area is 205 Å². The van der Waals surface area contributed by atoms with Crippen LogP contribution in [0.5, 0.6) is 0 Å². The molecule has 0 bridgehead atoms. The van der Waals surface area contributed by atoms with Gasteiger partial charge in [-0.05, 0) is 88.8 Å². The van der Waals surface area contributed by atoms with E-state index < -0.39 is 0 Å². The maximum Gasteiger partial charge on any atom is 0.0456 e. The van der Waals surface area contributed by atoms with Crippen LogP contribution in [0.1, 0.15) is 55.6 Å². The van der Waals surface area contributed by atoms with Gasteiger partial charge in [0.25, 0.3) is 0 Å². The van der Waals surface area contributed by atoms with Gasteiger partial charge in [-0.2, -0.15) is 0 Å². The number of hydrogen-bond donors (Lipinski definition) is 1. The van der Waals surface area contributed by atoms with E-state index in [9.17, 15) is 0 Å². The monoisotopic (exact) mass is 473 g/mol. The van der Waals surface area contributed by atoms with Gasteiger partial charge in [-0.1, -0.05) is 48.5 Å². The van der Waals surface area contributed by atoms with Crippen LogP contribution < -0.4 is 0 Å². The zero-order chi connectivity index (χ0) is 20.6. The molecule has 2 heterocycles. The van der Waals surface area contributed by atoms with Gasteiger partial charge in [0.1, 0.15) is 0 Å². The number of aromatic amines is 1. The van der Waals surface area contributed by atoms with Gasteiger partial charge in [-0.15, -0.1) is 24.8 Å². The lowest BCUT2D eigenvalue weighted by molar-refractivity contribution is 0.0401. The standard InChI is InChI=1S/C27H35N3.2ClH/c1-29(2)27(22-8-4-3-5-9-22)16-12-23(13-17-27)30-18-14-21(15-19-30)25-20-28-26-11-7-6-10-24(25)26;;/h3-11,20-21,23,28H,12-19H2,1-2H3;2*1H. The molecule has 32 heavy (non-hydrogen) atoms. The Balaban J connectivity index is 0.00000144. The van der Waals surface area contributed by atoms with Gasteiger partial charge in [0, 0.05) is 28.7 Å². The first-order valence-electron chi connectivity index (χ1n) is 11.7. The number of H-pyrrole nitrogens is 1. The molecule has 2 aliphatic rings. The van der Waals surface area contributed by atoms with Gasteiger partial charge in [0.15, 0.2) is 0 Å². The Morgan fingerprint density at radius 3 is 2.12 bits per heavy atom. The fourth-order valence-electron chi connectivity index (χ4n) is 6.20. The molecule has 1 aliphatic heterocycles. The molecule has 5 heteroatoms. The average molecular weight is 475 g/mol. The zero-order valence-corrected chi connectivity index (χ0v) is 20.9. The van der Waals surface area contributed by atoms with Crippen molar-refractivity contribution in [3.8, 4) is 0 Å². The Kier molecular flexibility index (Phi) is 8.32. The summed E-state index contributed by atoms with van der Waals surface area (Å²) in [4.78, 5) is 8.75. The lowest BCUT2D eigenvalue weighted by Gasteiger charge is -2.48. The first-order chi connectivity index (χ1) is 14.7. The van der Waals surface area contributed by atoms with Crippen LogP contribution >= 0.6 is 24.8 Å². The molecule has 2 aromatic carbocycles. The summed E-state index contributed by atoms with van der Waals surface area (Å²) in [5.74, 6) is 0.700. The van der Waals surface area contributed by atoms with Crippen molar-refractivity contribution in [1.29, 1.82) is 0 Å². The molecule has 1 aliphatic carbocycles. The van der Waals surface area contributed by atoms with Crippen molar-refractivity contribution in [1.82, 2.24) is 14.8 Å². The third-order valence-corrected chi connectivity index (χ3v) is 8.06. The molecule has 3 nitrogen and oxygen atoms in total. The summed E-state index contributed by atoms with van der Waals surface area (Å²) < 4.78 is 0. The molecule has 0 atom stereocenters. The number of halogens is 2. The number of benzene rings is 2. The first-order valence-corrected chi connectivity index (χ1v) is 11.7. The summed E-state index contributed by atoms with van der Waals surface area (Å²) in [7, 11) is 4.53. The van der Waals surface area contributed by atoms with Gasteiger partial charge in [-0.3, -0.25) is 4.90 Å². The number of fused-ring (bicyclic) bond motifs is 1. The van der Waals surface area contributed by atoms with Crippen LogP contribution in [0.25, 0.3) is 10.9 Å². The second-order valence-corrected chi connectivity index (χ2v) is 9.62. The summed E-state index contributed by atoms with van der Waals surface area (Å²) in [6.45, 7) is 2.49. The summed E-state index contributed by atoms with van der Waals surface area (Å²) >= 11 is 0. The quantitative estimate of drug-likeness (QED) is 0.461. The van der Waals surface area contributed by atoms with Crippen molar-refractivity contribution >= 4 is 35.7 Å². The van der Waals surface area contributed by atoms with E-state index in [0.29, 0.717) is 5.92 Å². The summed E-state index contributed by atoms with van der Waals surface area (Å²) in [6, 6.07) is 20.7. The van der Waals surface area contributed by atoms with Crippen molar-refractivity contribution in [3.05, 3.63) is 71.9 Å². The van der Waals surface area contributed by atoms with Gasteiger partial charge >= 0.3 is 0 Å². The van der Waals surface area contributed by atoms with E-state index in [-0.39, 0.29) is 30.4 Å². The average Bonchev–Trinajstić information content (AvgIpc) is 3.24. The van der Waals surface area contributed by atoms with E-state index in [0.717, 1.165) is 6.04 Å². The van der Waals surface area contributed by atoms with E-state index in [1.54, 1.807) is 0 Å². The molecule has 1 saturated carbocycles. The molecule has 0 spiro atoms. The van der Waals surface area contributed by atoms with Gasteiger partial charge in [0.05, 0.1) is 0 Å². The highest BCUT2D eigenvalue weighted by atomic mass is 35.5. The van der Waals surface area contributed by atoms with Gasteiger partial charge in [0.2, 0.25) is 0 Å². The highest BCUT2D eigenvalue weighted by Crippen LogP contribution is 2.43. The molecule has 174 valence electrons. The Bertz CT molecular complexity index is 969. The predicted molar refractivity (Wildman–Crippen MR) is 140 cm³/mol. The van der Waals surface area contributed by atoms with Crippen LogP contribution in [0, 0.1) is 0 Å². The molecule has 1 saturated heterocycles. The predicted octanol–water partition coefficient (Wildman–Crippen LogP) is 6.59. The van der Waals surface area contributed by atoms with Gasteiger partial charge < -0.3 is 9.88 Å². The number of hydrogen-bond acceptors (Lipinski definition) is 2. The molecular weight excluding hydrogens is 437 g/mol. The minimum Gasteiger partial charge on any atom is -0.361 e. The molecule has 0 radical (unpaired) electrons. The Morgan fingerprint density at radius 1 is 0.844 bits per heavy atom. The minimum atomic E-state index is 0. The lowest BCUT2D eigenvalue weighted by atomic mass is 9.73. The fraction of sp³-hybridized carbons (Fsp3) is 0.481. The zero-order valence-electron chi connectivity index (χ0n) is 19.3. The smallest absolute Gasteiger partial charge is 0.0456 e. The molecular formula is C27H37Cl2N3. The lowest BCUT2D eigenvalue weighted by Crippen LogP contribution is -2.50. The minimum absolute atomic E-state index is 0. The highest BCUT2D eigenvalue weighted by Gasteiger charge is 2.40. The maximum atomic E-state index is 3.48. The molecule has 0 unspecified atom stereocenters. The van der Waals surface area contributed by atoms with Crippen LogP contribution in [0.15, 0.2) is 60.8 Å². The van der Waals surface area contributed by atoms with Gasteiger partial charge in [-0.25, -0.2) is 0 Å². The number of nitrogens with one attached hydrogen (secondary N) is 1. The third-order valence-electron chi connectivity index (χ3n) is 8.06. The van der Waals surface area contributed by atoms with Crippen LogP contribution in [0.4, 0.5) is 0 Å². The number of aromatic nitrogens is 1. The van der Waals surface area contributed by atoms with E-state index in [4.69, 9.17) is 0 Å². The Hall–Kier alpha value is -1.52. The summed E-state index contributed by atoms with van der Waals surface area (Å²) in [6.07, 6.45) is 9.98. The second kappa shape index (κ2) is 10.6. The number of rotatable bonds is 4. The van der Waals surface area contributed by atoms with Crippen molar-refractivity contribution < 1.29 is 0 Å². The third kappa shape index (κ3) is 4.59. The summed E-state index contributed by atoms with van der Waals surface area (Å²) in [5, 5.41) is 1.42. The Morgan fingerprint density at radius 2 is 1.47 bits per heavy atom. The molecule has 2 fully saturated rings. The van der Waals surface area contributed by atoms with Crippen LogP contribution in [-0.4, -0.2) is 48.0 Å². The molecule has 5 rings (SSSR count). The second-order valence-electron chi connectivity index (χ2n) is 9.62. The van der Waals surface area contributed by atoms with E-state index in [1.165, 1.54) is 73.6 Å². The van der Waals surface area contributed by atoms with Crippen LogP contribution in [-0.2, 0) is 5.54 Å². The van der Waals surface area contributed by atoms with Crippen molar-refractivity contribution in [3.63, 3.8) is 0 Å². The van der Waals surface area contributed by atoms with Crippen molar-refractivity contribution in [2.75, 3.05) is 27.2 Å². The number of piperidine rings is 1. The SMILES string of the molecule is CN(C)C1(c2ccccc2)CCC(N2CCC(c3c[nH]c4ccccc34)CC2)CC1.Cl.Cl.